The Morgan fingerprint density at radius 2 is 1.79 bits per heavy atom. The van der Waals surface area contributed by atoms with E-state index < -0.39 is 5.60 Å². The van der Waals surface area contributed by atoms with E-state index in [0.717, 1.165) is 41.3 Å². The van der Waals surface area contributed by atoms with E-state index in [4.69, 9.17) is 14.6 Å². The molecule has 1 atom stereocenters. The van der Waals surface area contributed by atoms with Crippen molar-refractivity contribution in [3.63, 3.8) is 0 Å². The molecule has 0 fully saturated rings. The molecule has 2 aromatic carbocycles. The van der Waals surface area contributed by atoms with Gasteiger partial charge in [0.05, 0.1) is 5.56 Å². The zero-order valence-corrected chi connectivity index (χ0v) is 20.8. The van der Waals surface area contributed by atoms with Crippen LogP contribution in [0.4, 0.5) is 11.5 Å². The van der Waals surface area contributed by atoms with Gasteiger partial charge in [-0.2, -0.15) is 5.10 Å². The fourth-order valence-corrected chi connectivity index (χ4v) is 5.14. The molecule has 2 aliphatic heterocycles. The zero-order chi connectivity index (χ0) is 24.2. The van der Waals surface area contributed by atoms with Gasteiger partial charge in [0, 0.05) is 56.6 Å². The molecule has 5 rings (SSSR count). The number of benzene rings is 2. The molecule has 0 saturated carbocycles. The number of carbonyl (C=O) groups is 1. The highest BCUT2D eigenvalue weighted by Crippen LogP contribution is 2.59. The Balaban J connectivity index is 1.84. The van der Waals surface area contributed by atoms with E-state index in [1.165, 1.54) is 0 Å². The highest BCUT2D eigenvalue weighted by Gasteiger charge is 2.56. The van der Waals surface area contributed by atoms with Crippen LogP contribution in [0.3, 0.4) is 0 Å². The van der Waals surface area contributed by atoms with Gasteiger partial charge in [-0.1, -0.05) is 32.0 Å². The molecule has 7 heteroatoms. The highest BCUT2D eigenvalue weighted by molar-refractivity contribution is 5.97. The van der Waals surface area contributed by atoms with Crippen LogP contribution in [-0.2, 0) is 16.9 Å². The second kappa shape index (κ2) is 8.08. The number of nitrogens with zero attached hydrogens (tertiary/aromatic N) is 4. The Morgan fingerprint density at radius 3 is 2.47 bits per heavy atom. The van der Waals surface area contributed by atoms with E-state index in [1.807, 2.05) is 54.0 Å². The second-order valence-electron chi connectivity index (χ2n) is 9.55. The number of hydrogen-bond donors (Lipinski definition) is 0. The first-order valence-corrected chi connectivity index (χ1v) is 12.0. The van der Waals surface area contributed by atoms with Crippen LogP contribution in [0.5, 0.6) is 11.6 Å². The van der Waals surface area contributed by atoms with Gasteiger partial charge >= 0.3 is 5.97 Å². The van der Waals surface area contributed by atoms with Crippen LogP contribution in [0.1, 0.15) is 54.7 Å². The van der Waals surface area contributed by atoms with Gasteiger partial charge in [0.2, 0.25) is 11.5 Å². The maximum atomic E-state index is 13.2. The number of rotatable bonds is 6. The van der Waals surface area contributed by atoms with Gasteiger partial charge in [-0.3, -0.25) is 0 Å². The molecule has 1 unspecified atom stereocenters. The largest absolute Gasteiger partial charge is 0.440 e. The van der Waals surface area contributed by atoms with Crippen molar-refractivity contribution in [1.29, 1.82) is 0 Å². The molecule has 7 nitrogen and oxygen atoms in total. The summed E-state index contributed by atoms with van der Waals surface area (Å²) in [6.07, 6.45) is 0. The number of carbonyl (C=O) groups excluding carboxylic acids is 1. The Bertz CT molecular complexity index is 1260. The Hall–Kier alpha value is -3.48. The lowest BCUT2D eigenvalue weighted by molar-refractivity contribution is 0.0223. The number of hydrogen-bond acceptors (Lipinski definition) is 6. The minimum absolute atomic E-state index is 0.330. The number of esters is 1. The summed E-state index contributed by atoms with van der Waals surface area (Å²) < 4.78 is 14.9. The first-order chi connectivity index (χ1) is 16.3. The summed E-state index contributed by atoms with van der Waals surface area (Å²) in [6, 6.07) is 13.8. The van der Waals surface area contributed by atoms with E-state index >= 15 is 0 Å². The number of aromatic nitrogens is 2. The first kappa shape index (κ1) is 22.3. The Labute approximate surface area is 200 Å². The van der Waals surface area contributed by atoms with Crippen LogP contribution < -0.4 is 14.5 Å². The van der Waals surface area contributed by atoms with Crippen LogP contribution in [0.25, 0.3) is 0 Å². The molecule has 0 amide bonds. The average molecular weight is 461 g/mol. The summed E-state index contributed by atoms with van der Waals surface area (Å²) in [7, 11) is 3.91. The predicted octanol–water partition coefficient (Wildman–Crippen LogP) is 5.02. The van der Waals surface area contributed by atoms with Crippen molar-refractivity contribution in [2.75, 3.05) is 37.0 Å². The molecule has 3 heterocycles. The average Bonchev–Trinajstić information content (AvgIpc) is 3.31. The van der Waals surface area contributed by atoms with Crippen molar-refractivity contribution in [2.24, 2.45) is 5.92 Å². The summed E-state index contributed by atoms with van der Waals surface area (Å²) in [5.74, 6) is 2.09. The topological polar surface area (TPSA) is 59.8 Å². The minimum atomic E-state index is -1.12. The Morgan fingerprint density at radius 1 is 1.06 bits per heavy atom. The molecule has 1 aromatic heterocycles. The molecule has 0 saturated heterocycles. The number of anilines is 2. The van der Waals surface area contributed by atoms with Gasteiger partial charge in [-0.25, -0.2) is 9.48 Å². The summed E-state index contributed by atoms with van der Waals surface area (Å²) in [6.45, 7) is 11.0. The standard InChI is InChI=1S/C27H32N4O3/c1-7-30(8-2)18-13-14-21-22(15-18)33-25-23(24(29(5)6)28-31(25)16-17(3)4)27(21)20-12-10-9-11-19(20)26(32)34-27/h9-15,17H,7-8,16H2,1-6H3. The summed E-state index contributed by atoms with van der Waals surface area (Å²) in [5, 5.41) is 4.94. The molecule has 0 radical (unpaired) electrons. The zero-order valence-electron chi connectivity index (χ0n) is 20.8. The molecule has 0 bridgehead atoms. The molecular formula is C27H32N4O3. The third kappa shape index (κ3) is 3.10. The van der Waals surface area contributed by atoms with Gasteiger partial charge < -0.3 is 19.3 Å². The van der Waals surface area contributed by atoms with Gasteiger partial charge in [0.25, 0.3) is 0 Å². The second-order valence-corrected chi connectivity index (χ2v) is 9.55. The van der Waals surface area contributed by atoms with Crippen LogP contribution in [0.15, 0.2) is 42.5 Å². The van der Waals surface area contributed by atoms with Crippen molar-refractivity contribution >= 4 is 17.5 Å². The quantitative estimate of drug-likeness (QED) is 0.482. The summed E-state index contributed by atoms with van der Waals surface area (Å²) >= 11 is 0. The lowest BCUT2D eigenvalue weighted by Crippen LogP contribution is -2.34. The lowest BCUT2D eigenvalue weighted by atomic mass is 9.78. The molecule has 178 valence electrons. The van der Waals surface area contributed by atoms with Crippen molar-refractivity contribution in [2.45, 2.75) is 39.8 Å². The van der Waals surface area contributed by atoms with Crippen LogP contribution in [-0.4, -0.2) is 42.9 Å². The normalized spacial score (nSPS) is 17.8. The van der Waals surface area contributed by atoms with E-state index in [9.17, 15) is 4.79 Å². The number of fused-ring (bicyclic) bond motifs is 6. The smallest absolute Gasteiger partial charge is 0.340 e. The van der Waals surface area contributed by atoms with Gasteiger partial charge in [-0.05, 0) is 38.0 Å². The Kier molecular flexibility index (Phi) is 5.30. The highest BCUT2D eigenvalue weighted by atomic mass is 16.6. The molecule has 2 aliphatic rings. The van der Waals surface area contributed by atoms with E-state index in [-0.39, 0.29) is 5.97 Å². The summed E-state index contributed by atoms with van der Waals surface area (Å²) in [5.41, 5.74) is 2.96. The first-order valence-electron chi connectivity index (χ1n) is 12.0. The van der Waals surface area contributed by atoms with Crippen LogP contribution >= 0.6 is 0 Å². The van der Waals surface area contributed by atoms with Gasteiger partial charge in [-0.15, -0.1) is 0 Å². The number of ether oxygens (including phenoxy) is 2. The van der Waals surface area contributed by atoms with Crippen LogP contribution in [0.2, 0.25) is 0 Å². The van der Waals surface area contributed by atoms with Gasteiger partial charge in [0.15, 0.2) is 5.82 Å². The monoisotopic (exact) mass is 460 g/mol. The molecule has 1 spiro atoms. The maximum Gasteiger partial charge on any atom is 0.340 e. The van der Waals surface area contributed by atoms with E-state index in [0.29, 0.717) is 29.7 Å². The van der Waals surface area contributed by atoms with Crippen LogP contribution in [0, 0.1) is 5.92 Å². The minimum Gasteiger partial charge on any atom is -0.440 e. The molecule has 0 aliphatic carbocycles. The van der Waals surface area contributed by atoms with E-state index in [1.54, 1.807) is 0 Å². The van der Waals surface area contributed by atoms with Crippen molar-refractivity contribution < 1.29 is 14.3 Å². The van der Waals surface area contributed by atoms with Crippen molar-refractivity contribution in [1.82, 2.24) is 9.78 Å². The molecule has 3 aromatic rings. The lowest BCUT2D eigenvalue weighted by Gasteiger charge is -2.36. The maximum absolute atomic E-state index is 13.2. The molecule has 0 N–H and O–H groups in total. The fraction of sp³-hybridized carbons (Fsp3) is 0.407. The van der Waals surface area contributed by atoms with Crippen molar-refractivity contribution in [3.05, 3.63) is 64.7 Å². The fourth-order valence-electron chi connectivity index (χ4n) is 5.14. The third-order valence-corrected chi connectivity index (χ3v) is 6.65. The van der Waals surface area contributed by atoms with Crippen molar-refractivity contribution in [3.8, 4) is 11.6 Å². The molecule has 34 heavy (non-hydrogen) atoms. The molecular weight excluding hydrogens is 428 g/mol. The predicted molar refractivity (Wildman–Crippen MR) is 133 cm³/mol. The third-order valence-electron chi connectivity index (χ3n) is 6.65. The van der Waals surface area contributed by atoms with Gasteiger partial charge in [0.1, 0.15) is 11.3 Å². The summed E-state index contributed by atoms with van der Waals surface area (Å²) in [4.78, 5) is 17.4. The van der Waals surface area contributed by atoms with E-state index in [2.05, 4.69) is 44.7 Å². The SMILES string of the molecule is CCN(CC)c1ccc2c(c1)Oc1c(c(N(C)C)nn1CC(C)C)C21OC(=O)c2ccccc21.